The predicted octanol–water partition coefficient (Wildman–Crippen LogP) is 4.47. The van der Waals surface area contributed by atoms with Gasteiger partial charge in [0.1, 0.15) is 6.10 Å². The van der Waals surface area contributed by atoms with Gasteiger partial charge in [0, 0.05) is 0 Å². The highest BCUT2D eigenvalue weighted by Gasteiger charge is 2.51. The average Bonchev–Trinajstić information content (AvgIpc) is 2.42. The Morgan fingerprint density at radius 3 is 2.00 bits per heavy atom. The topological polar surface area (TPSA) is 26.3 Å². The molecule has 0 amide bonds. The number of carbonyl (C=O) groups is 1. The lowest BCUT2D eigenvalue weighted by molar-refractivity contribution is -0.172. The van der Waals surface area contributed by atoms with Crippen molar-refractivity contribution < 1.29 is 9.53 Å². The van der Waals surface area contributed by atoms with Gasteiger partial charge in [-0.05, 0) is 75.5 Å². The van der Waals surface area contributed by atoms with E-state index in [0.717, 1.165) is 38.0 Å². The van der Waals surface area contributed by atoms with Crippen molar-refractivity contribution in [3.8, 4) is 0 Å². The minimum atomic E-state index is -0.0964. The third-order valence-corrected chi connectivity index (χ3v) is 6.29. The molecule has 0 radical (unpaired) electrons. The van der Waals surface area contributed by atoms with Gasteiger partial charge in [0.05, 0.1) is 5.41 Å². The Balaban J connectivity index is 1.58. The minimum absolute atomic E-state index is 0.0964. The number of carbonyl (C=O) groups excluding carboxylic acids is 1. The maximum atomic E-state index is 12.6. The van der Waals surface area contributed by atoms with Crippen LogP contribution in [0.15, 0.2) is 0 Å². The van der Waals surface area contributed by atoms with Gasteiger partial charge in [0.25, 0.3) is 0 Å². The lowest BCUT2D eigenvalue weighted by Gasteiger charge is -2.50. The second kappa shape index (κ2) is 4.79. The highest BCUT2D eigenvalue weighted by molar-refractivity contribution is 5.77. The molecule has 19 heavy (non-hydrogen) atoms. The maximum absolute atomic E-state index is 12.6. The van der Waals surface area contributed by atoms with Gasteiger partial charge in [-0.15, -0.1) is 0 Å². The Bertz CT molecular complexity index is 328. The number of ether oxygens (including phenoxy) is 1. The zero-order valence-corrected chi connectivity index (χ0v) is 12.5. The van der Waals surface area contributed by atoms with Crippen molar-refractivity contribution in [1.29, 1.82) is 0 Å². The molecular formula is C17H28O2. The van der Waals surface area contributed by atoms with Crippen LogP contribution >= 0.6 is 0 Å². The van der Waals surface area contributed by atoms with Crippen LogP contribution in [0.25, 0.3) is 0 Å². The van der Waals surface area contributed by atoms with E-state index in [4.69, 9.17) is 4.74 Å². The van der Waals surface area contributed by atoms with Gasteiger partial charge in [-0.25, -0.2) is 0 Å². The highest BCUT2D eigenvalue weighted by atomic mass is 16.5. The van der Waals surface area contributed by atoms with Gasteiger partial charge < -0.3 is 4.74 Å². The van der Waals surface area contributed by atoms with E-state index in [2.05, 4.69) is 13.8 Å². The maximum Gasteiger partial charge on any atom is 0.312 e. The third-order valence-electron chi connectivity index (χ3n) is 6.29. The summed E-state index contributed by atoms with van der Waals surface area (Å²) in [7, 11) is 0. The van der Waals surface area contributed by atoms with Gasteiger partial charge in [0.2, 0.25) is 0 Å². The molecule has 4 aliphatic rings. The highest BCUT2D eigenvalue weighted by Crippen LogP contribution is 2.57. The summed E-state index contributed by atoms with van der Waals surface area (Å²) in [5.74, 6) is 0.965. The van der Waals surface area contributed by atoms with Crippen molar-refractivity contribution in [2.45, 2.75) is 84.2 Å². The van der Waals surface area contributed by atoms with Crippen LogP contribution in [-0.2, 0) is 9.53 Å². The second-order valence-corrected chi connectivity index (χ2v) is 7.88. The molecule has 0 aliphatic heterocycles. The van der Waals surface area contributed by atoms with Gasteiger partial charge in [-0.1, -0.05) is 13.8 Å². The van der Waals surface area contributed by atoms with Gasteiger partial charge in [0.15, 0.2) is 0 Å². The Morgan fingerprint density at radius 1 is 0.947 bits per heavy atom. The molecule has 0 aromatic rings. The molecule has 4 saturated carbocycles. The summed E-state index contributed by atoms with van der Waals surface area (Å²) in [5.41, 5.74) is 0.434. The zero-order chi connectivity index (χ0) is 13.5. The van der Waals surface area contributed by atoms with E-state index in [1.165, 1.54) is 32.1 Å². The molecule has 4 rings (SSSR count). The van der Waals surface area contributed by atoms with E-state index < -0.39 is 0 Å². The summed E-state index contributed by atoms with van der Waals surface area (Å²) >= 11 is 0. The summed E-state index contributed by atoms with van der Waals surface area (Å²) in [6.07, 6.45) is 11.7. The summed E-state index contributed by atoms with van der Waals surface area (Å²) in [6.45, 7) is 4.70. The first kappa shape index (κ1) is 13.5. The molecule has 4 fully saturated rings. The summed E-state index contributed by atoms with van der Waals surface area (Å²) in [6, 6.07) is 0. The predicted molar refractivity (Wildman–Crippen MR) is 75.8 cm³/mol. The first-order valence-electron chi connectivity index (χ1n) is 8.23. The molecule has 0 N–H and O–H groups in total. The van der Waals surface area contributed by atoms with Crippen molar-refractivity contribution in [1.82, 2.24) is 0 Å². The van der Waals surface area contributed by atoms with E-state index in [0.29, 0.717) is 5.41 Å². The van der Waals surface area contributed by atoms with Crippen LogP contribution in [0.3, 0.4) is 0 Å². The smallest absolute Gasteiger partial charge is 0.312 e. The summed E-state index contributed by atoms with van der Waals surface area (Å²) in [4.78, 5) is 12.6. The Kier molecular flexibility index (Phi) is 3.39. The lowest BCUT2D eigenvalue weighted by atomic mass is 9.54. The Morgan fingerprint density at radius 2 is 1.47 bits per heavy atom. The van der Waals surface area contributed by atoms with Gasteiger partial charge in [-0.2, -0.15) is 0 Å². The van der Waals surface area contributed by atoms with Crippen LogP contribution < -0.4 is 0 Å². The lowest BCUT2D eigenvalue weighted by Crippen LogP contribution is -2.46. The number of hydrogen-bond donors (Lipinski definition) is 0. The van der Waals surface area contributed by atoms with Crippen molar-refractivity contribution >= 4 is 5.97 Å². The molecule has 0 aromatic heterocycles. The second-order valence-electron chi connectivity index (χ2n) is 7.88. The molecule has 2 heteroatoms. The molecule has 0 saturated heterocycles. The van der Waals surface area contributed by atoms with Crippen molar-refractivity contribution in [2.24, 2.45) is 16.7 Å². The quantitative estimate of drug-likeness (QED) is 0.688. The molecule has 0 heterocycles. The Labute approximate surface area is 117 Å². The SMILES string of the molecule is CC1CCC(OC(=O)C23CCC(C)(CC2)CC3)CC1. The summed E-state index contributed by atoms with van der Waals surface area (Å²) in [5, 5.41) is 0. The fourth-order valence-electron chi connectivity index (χ4n) is 4.30. The number of esters is 1. The van der Waals surface area contributed by atoms with Crippen molar-refractivity contribution in [3.05, 3.63) is 0 Å². The Hall–Kier alpha value is -0.530. The molecular weight excluding hydrogens is 236 g/mol. The normalized spacial score (nSPS) is 46.0. The van der Waals surface area contributed by atoms with E-state index in [1.807, 2.05) is 0 Å². The summed E-state index contributed by atoms with van der Waals surface area (Å²) < 4.78 is 5.89. The van der Waals surface area contributed by atoms with E-state index >= 15 is 0 Å². The van der Waals surface area contributed by atoms with Crippen LogP contribution in [0.4, 0.5) is 0 Å². The standard InChI is InChI=1S/C17H28O2/c1-13-3-5-14(6-4-13)19-15(18)17-10-7-16(2,8-11-17)9-12-17/h13-14H,3-12H2,1-2H3. The molecule has 0 spiro atoms. The third kappa shape index (κ3) is 2.55. The van der Waals surface area contributed by atoms with Gasteiger partial charge in [-0.3, -0.25) is 4.79 Å². The molecule has 0 atom stereocenters. The van der Waals surface area contributed by atoms with E-state index in [9.17, 15) is 4.79 Å². The van der Waals surface area contributed by atoms with Crippen LogP contribution in [-0.4, -0.2) is 12.1 Å². The molecule has 2 bridgehead atoms. The van der Waals surface area contributed by atoms with E-state index in [1.54, 1.807) is 0 Å². The first-order valence-corrected chi connectivity index (χ1v) is 8.23. The van der Waals surface area contributed by atoms with E-state index in [-0.39, 0.29) is 17.5 Å². The minimum Gasteiger partial charge on any atom is -0.462 e. The number of hydrogen-bond acceptors (Lipinski definition) is 2. The first-order chi connectivity index (χ1) is 9.01. The molecule has 0 aromatic carbocycles. The fraction of sp³-hybridized carbons (Fsp3) is 0.941. The van der Waals surface area contributed by atoms with Crippen LogP contribution in [0.5, 0.6) is 0 Å². The van der Waals surface area contributed by atoms with Crippen LogP contribution in [0, 0.1) is 16.7 Å². The molecule has 2 nitrogen and oxygen atoms in total. The van der Waals surface area contributed by atoms with Crippen LogP contribution in [0.1, 0.15) is 78.1 Å². The fourth-order valence-corrected chi connectivity index (χ4v) is 4.30. The zero-order valence-electron chi connectivity index (χ0n) is 12.5. The molecule has 108 valence electrons. The van der Waals surface area contributed by atoms with Crippen molar-refractivity contribution in [3.63, 3.8) is 0 Å². The number of fused-ring (bicyclic) bond motifs is 3. The van der Waals surface area contributed by atoms with Crippen molar-refractivity contribution in [2.75, 3.05) is 0 Å². The monoisotopic (exact) mass is 264 g/mol. The molecule has 4 aliphatic carbocycles. The molecule has 0 unspecified atom stereocenters. The largest absolute Gasteiger partial charge is 0.462 e. The number of rotatable bonds is 2. The average molecular weight is 264 g/mol. The van der Waals surface area contributed by atoms with Gasteiger partial charge >= 0.3 is 5.97 Å². The van der Waals surface area contributed by atoms with Crippen LogP contribution in [0.2, 0.25) is 0 Å².